The van der Waals surface area contributed by atoms with Gasteiger partial charge >= 0.3 is 12.0 Å². The molecule has 0 aromatic rings. The maximum absolute atomic E-state index is 11.9. The number of hydrogen-bond acceptors (Lipinski definition) is 3. The zero-order valence-electron chi connectivity index (χ0n) is 11.8. The molecule has 1 atom stereocenters. The van der Waals surface area contributed by atoms with E-state index in [1.54, 1.807) is 0 Å². The molecule has 5 N–H and O–H groups in total. The normalized spacial score (nSPS) is 18.9. The van der Waals surface area contributed by atoms with Gasteiger partial charge in [-0.05, 0) is 26.2 Å². The molecule has 7 heteroatoms. The molecule has 0 saturated heterocycles. The summed E-state index contributed by atoms with van der Waals surface area (Å²) in [6.07, 6.45) is 4.97. The van der Waals surface area contributed by atoms with Gasteiger partial charge in [-0.3, -0.25) is 4.79 Å². The number of carboxylic acid groups (broad SMARTS) is 1. The minimum Gasteiger partial charge on any atom is -0.480 e. The van der Waals surface area contributed by atoms with Gasteiger partial charge in [-0.25, -0.2) is 9.59 Å². The smallest absolute Gasteiger partial charge is 0.326 e. The third-order valence-corrected chi connectivity index (χ3v) is 3.66. The van der Waals surface area contributed by atoms with Crippen LogP contribution < -0.4 is 16.4 Å². The molecule has 0 heterocycles. The number of urea groups is 1. The summed E-state index contributed by atoms with van der Waals surface area (Å²) in [6, 6.07) is -1.61. The highest BCUT2D eigenvalue weighted by Crippen LogP contribution is 2.27. The highest BCUT2D eigenvalue weighted by molar-refractivity contribution is 5.83. The summed E-state index contributed by atoms with van der Waals surface area (Å²) < 4.78 is 0. The largest absolute Gasteiger partial charge is 0.480 e. The van der Waals surface area contributed by atoms with Gasteiger partial charge in [0, 0.05) is 12.0 Å². The molecule has 114 valence electrons. The van der Waals surface area contributed by atoms with Gasteiger partial charge in [0.15, 0.2) is 0 Å². The van der Waals surface area contributed by atoms with E-state index in [1.165, 1.54) is 0 Å². The van der Waals surface area contributed by atoms with E-state index < -0.39 is 23.9 Å². The standard InChI is InChI=1S/C13H23N3O4/c1-13(7-3-2-4-8-13)16-12(20)15-9(11(18)19)5-6-10(14)17/h9H,2-8H2,1H3,(H2,14,17)(H,18,19)(H2,15,16,20). The van der Waals surface area contributed by atoms with Gasteiger partial charge in [-0.2, -0.15) is 0 Å². The van der Waals surface area contributed by atoms with Gasteiger partial charge in [0.25, 0.3) is 0 Å². The van der Waals surface area contributed by atoms with E-state index >= 15 is 0 Å². The average molecular weight is 285 g/mol. The SMILES string of the molecule is CC1(NC(=O)NC(CCC(N)=O)C(=O)O)CCCCC1. The average Bonchev–Trinajstić information content (AvgIpc) is 2.34. The lowest BCUT2D eigenvalue weighted by molar-refractivity contribution is -0.139. The van der Waals surface area contributed by atoms with Crippen molar-refractivity contribution in [3.63, 3.8) is 0 Å². The first-order valence-electron chi connectivity index (χ1n) is 6.92. The van der Waals surface area contributed by atoms with E-state index in [0.717, 1.165) is 32.1 Å². The van der Waals surface area contributed by atoms with Crippen LogP contribution in [0.3, 0.4) is 0 Å². The molecular formula is C13H23N3O4. The quantitative estimate of drug-likeness (QED) is 0.574. The molecule has 1 saturated carbocycles. The summed E-state index contributed by atoms with van der Waals surface area (Å²) in [5.74, 6) is -1.76. The van der Waals surface area contributed by atoms with Crippen molar-refractivity contribution in [2.75, 3.05) is 0 Å². The Labute approximate surface area is 118 Å². The Balaban J connectivity index is 2.48. The number of aliphatic carboxylic acids is 1. The predicted octanol–water partition coefficient (Wildman–Crippen LogP) is 0.727. The van der Waals surface area contributed by atoms with Gasteiger partial charge in [0.05, 0.1) is 0 Å². The number of carboxylic acids is 1. The van der Waals surface area contributed by atoms with Crippen LogP contribution in [0.2, 0.25) is 0 Å². The van der Waals surface area contributed by atoms with E-state index in [2.05, 4.69) is 10.6 Å². The van der Waals surface area contributed by atoms with Gasteiger partial charge < -0.3 is 21.5 Å². The lowest BCUT2D eigenvalue weighted by Crippen LogP contribution is -2.54. The number of nitrogens with two attached hydrogens (primary N) is 1. The molecule has 3 amide bonds. The lowest BCUT2D eigenvalue weighted by atomic mass is 9.83. The maximum atomic E-state index is 11.9. The van der Waals surface area contributed by atoms with E-state index in [0.29, 0.717) is 0 Å². The molecule has 0 aliphatic heterocycles. The minimum absolute atomic E-state index is 0.00516. The van der Waals surface area contributed by atoms with Crippen molar-refractivity contribution in [2.24, 2.45) is 5.73 Å². The fraction of sp³-hybridized carbons (Fsp3) is 0.769. The first-order valence-corrected chi connectivity index (χ1v) is 6.92. The topological polar surface area (TPSA) is 122 Å². The fourth-order valence-electron chi connectivity index (χ4n) is 2.47. The van der Waals surface area contributed by atoms with Crippen LogP contribution in [0, 0.1) is 0 Å². The van der Waals surface area contributed by atoms with Crippen LogP contribution >= 0.6 is 0 Å². The third-order valence-electron chi connectivity index (χ3n) is 3.66. The molecule has 0 radical (unpaired) electrons. The number of rotatable bonds is 6. The highest BCUT2D eigenvalue weighted by atomic mass is 16.4. The van der Waals surface area contributed by atoms with Gasteiger partial charge in [-0.1, -0.05) is 19.3 Å². The number of hydrogen-bond donors (Lipinski definition) is 4. The summed E-state index contributed by atoms with van der Waals surface area (Å²) in [6.45, 7) is 1.96. The van der Waals surface area contributed by atoms with Gasteiger partial charge in [0.2, 0.25) is 5.91 Å². The Hall–Kier alpha value is -1.79. The zero-order chi connectivity index (χ0) is 15.2. The first-order chi connectivity index (χ1) is 9.32. The Kier molecular flexibility index (Phi) is 5.79. The Morgan fingerprint density at radius 3 is 2.35 bits per heavy atom. The van der Waals surface area contributed by atoms with Crippen LogP contribution in [-0.4, -0.2) is 34.6 Å². The second kappa shape index (κ2) is 7.12. The molecule has 0 bridgehead atoms. The minimum atomic E-state index is -1.17. The van der Waals surface area contributed by atoms with Crippen molar-refractivity contribution < 1.29 is 19.5 Å². The Morgan fingerprint density at radius 2 is 1.85 bits per heavy atom. The van der Waals surface area contributed by atoms with Crippen LogP contribution in [0.25, 0.3) is 0 Å². The van der Waals surface area contributed by atoms with Crippen molar-refractivity contribution in [3.05, 3.63) is 0 Å². The number of nitrogens with one attached hydrogen (secondary N) is 2. The van der Waals surface area contributed by atoms with Crippen LogP contribution in [0.1, 0.15) is 51.9 Å². The van der Waals surface area contributed by atoms with Crippen molar-refractivity contribution in [2.45, 2.75) is 63.5 Å². The first kappa shape index (κ1) is 16.3. The van der Waals surface area contributed by atoms with Crippen molar-refractivity contribution >= 4 is 17.9 Å². The molecule has 1 rings (SSSR count). The second-order valence-corrected chi connectivity index (χ2v) is 5.62. The van der Waals surface area contributed by atoms with Crippen LogP contribution in [0.5, 0.6) is 0 Å². The molecule has 0 aromatic carbocycles. The number of carbonyl (C=O) groups excluding carboxylic acids is 2. The molecule has 0 aromatic heterocycles. The van der Waals surface area contributed by atoms with Crippen LogP contribution in [-0.2, 0) is 9.59 Å². The van der Waals surface area contributed by atoms with Crippen molar-refractivity contribution in [1.29, 1.82) is 0 Å². The van der Waals surface area contributed by atoms with Crippen molar-refractivity contribution in [3.8, 4) is 0 Å². The summed E-state index contributed by atoms with van der Waals surface area (Å²) >= 11 is 0. The molecule has 1 aliphatic carbocycles. The van der Waals surface area contributed by atoms with E-state index in [-0.39, 0.29) is 18.4 Å². The second-order valence-electron chi connectivity index (χ2n) is 5.62. The van der Waals surface area contributed by atoms with E-state index in [1.807, 2.05) is 6.92 Å². The van der Waals surface area contributed by atoms with Crippen molar-refractivity contribution in [1.82, 2.24) is 10.6 Å². The molecule has 20 heavy (non-hydrogen) atoms. The van der Waals surface area contributed by atoms with Crippen LogP contribution in [0.15, 0.2) is 0 Å². The Morgan fingerprint density at radius 1 is 1.25 bits per heavy atom. The monoisotopic (exact) mass is 285 g/mol. The molecule has 1 aliphatic rings. The number of amides is 3. The predicted molar refractivity (Wildman–Crippen MR) is 73.0 cm³/mol. The van der Waals surface area contributed by atoms with Crippen LogP contribution in [0.4, 0.5) is 4.79 Å². The molecule has 1 unspecified atom stereocenters. The Bertz CT molecular complexity index is 378. The summed E-state index contributed by atoms with van der Waals surface area (Å²) in [7, 11) is 0. The summed E-state index contributed by atoms with van der Waals surface area (Å²) in [5.41, 5.74) is 4.70. The van der Waals surface area contributed by atoms with E-state index in [9.17, 15) is 14.4 Å². The molecular weight excluding hydrogens is 262 g/mol. The zero-order valence-corrected chi connectivity index (χ0v) is 11.8. The van der Waals surface area contributed by atoms with E-state index in [4.69, 9.17) is 10.8 Å². The van der Waals surface area contributed by atoms with Gasteiger partial charge in [-0.15, -0.1) is 0 Å². The fourth-order valence-corrected chi connectivity index (χ4v) is 2.47. The molecule has 7 nitrogen and oxygen atoms in total. The van der Waals surface area contributed by atoms with Gasteiger partial charge in [0.1, 0.15) is 6.04 Å². The molecule has 0 spiro atoms. The lowest BCUT2D eigenvalue weighted by Gasteiger charge is -2.34. The molecule has 1 fully saturated rings. The maximum Gasteiger partial charge on any atom is 0.326 e. The number of carbonyl (C=O) groups is 3. The summed E-state index contributed by atoms with van der Waals surface area (Å²) in [5, 5.41) is 14.2. The summed E-state index contributed by atoms with van der Waals surface area (Å²) in [4.78, 5) is 33.6. The highest BCUT2D eigenvalue weighted by Gasteiger charge is 2.30. The third kappa shape index (κ3) is 5.46. The number of primary amides is 1.